The van der Waals surface area contributed by atoms with Crippen molar-refractivity contribution in [2.24, 2.45) is 16.7 Å². The number of hydrogen-bond acceptors (Lipinski definition) is 7. The molecule has 2 bridgehead atoms. The molecule has 1 aromatic rings. The molecule has 1 spiro atoms. The molecule has 9 nitrogen and oxygen atoms in total. The van der Waals surface area contributed by atoms with Gasteiger partial charge in [-0.25, -0.2) is 17.5 Å². The van der Waals surface area contributed by atoms with Crippen LogP contribution in [0.1, 0.15) is 91.7 Å². The van der Waals surface area contributed by atoms with Crippen LogP contribution in [0.2, 0.25) is 0 Å². The molecule has 4 fully saturated rings. The Morgan fingerprint density at radius 3 is 2.41 bits per heavy atom. The summed E-state index contributed by atoms with van der Waals surface area (Å²) in [6.45, 7) is 14.2. The molecule has 2 aliphatic heterocycles. The lowest BCUT2D eigenvalue weighted by Crippen LogP contribution is -2.61. The molecule has 2 amide bonds. The number of carbonyl (C=O) groups excluding carboxylic acids is 2. The van der Waals surface area contributed by atoms with E-state index in [-0.39, 0.29) is 29.5 Å². The molecule has 4 atom stereocenters. The van der Waals surface area contributed by atoms with Crippen LogP contribution in [0.3, 0.4) is 0 Å². The molecule has 6 rings (SSSR count). The van der Waals surface area contributed by atoms with E-state index in [0.717, 1.165) is 19.3 Å². The van der Waals surface area contributed by atoms with E-state index in [4.69, 9.17) is 4.74 Å². The number of aliphatic hydroxyl groups is 1. The molecule has 11 heteroatoms. The van der Waals surface area contributed by atoms with Gasteiger partial charge < -0.3 is 15.2 Å². The van der Waals surface area contributed by atoms with Crippen molar-refractivity contribution >= 4 is 39.9 Å². The van der Waals surface area contributed by atoms with E-state index in [9.17, 15) is 23.1 Å². The highest BCUT2D eigenvalue weighted by Crippen LogP contribution is 2.70. The second-order valence-electron chi connectivity index (χ2n) is 16.3. The molecule has 0 aromatic heterocycles. The van der Waals surface area contributed by atoms with E-state index in [2.05, 4.69) is 49.5 Å². The standard InChI is InChI=1S/C35H51N3O6S2/c1-30(2,3)44-29(40)38-27(21-45-32(38,6)7)28(39)36-22-35(41)20-25-13-15-34(35,31(25,4)5)23-46(42,43)37-18-16-33(17-19-37)14-12-24-10-8-9-11-26(24)33/h8-12,14,25,27,41H,13,15-23H2,1-7H3,(H,36,39). The average Bonchev–Trinajstić information content (AvgIpc) is 3.60. The molecule has 4 unspecified atom stereocenters. The molecule has 1 aromatic carbocycles. The number of nitrogens with one attached hydrogen (secondary N) is 1. The van der Waals surface area contributed by atoms with Gasteiger partial charge in [0.1, 0.15) is 11.6 Å². The number of carbonyl (C=O) groups is 2. The van der Waals surface area contributed by atoms with Crippen molar-refractivity contribution in [3.63, 3.8) is 0 Å². The summed E-state index contributed by atoms with van der Waals surface area (Å²) in [6, 6.07) is 7.59. The van der Waals surface area contributed by atoms with Gasteiger partial charge in [0.25, 0.3) is 0 Å². The molecule has 5 aliphatic rings. The number of nitrogens with zero attached hydrogens (tertiary/aromatic N) is 2. The second-order valence-corrected chi connectivity index (χ2v) is 19.9. The van der Waals surface area contributed by atoms with Crippen LogP contribution in [0.15, 0.2) is 30.3 Å². The van der Waals surface area contributed by atoms with E-state index in [1.54, 1.807) is 25.1 Å². The van der Waals surface area contributed by atoms with Gasteiger partial charge in [-0.05, 0) is 89.2 Å². The van der Waals surface area contributed by atoms with Crippen molar-refractivity contribution < 1.29 is 27.9 Å². The van der Waals surface area contributed by atoms with Crippen LogP contribution in [0.4, 0.5) is 4.79 Å². The Kier molecular flexibility index (Phi) is 8.06. The summed E-state index contributed by atoms with van der Waals surface area (Å²) >= 11 is 1.51. The largest absolute Gasteiger partial charge is 0.444 e. The fourth-order valence-electron chi connectivity index (χ4n) is 9.36. The first-order chi connectivity index (χ1) is 21.3. The van der Waals surface area contributed by atoms with Gasteiger partial charge >= 0.3 is 6.09 Å². The van der Waals surface area contributed by atoms with Crippen molar-refractivity contribution in [3.8, 4) is 0 Å². The summed E-state index contributed by atoms with van der Waals surface area (Å²) in [5, 5.41) is 15.4. The van der Waals surface area contributed by atoms with Gasteiger partial charge in [0, 0.05) is 36.2 Å². The smallest absolute Gasteiger partial charge is 0.412 e. The topological polar surface area (TPSA) is 116 Å². The third-order valence-electron chi connectivity index (χ3n) is 12.1. The maximum absolute atomic E-state index is 14.2. The van der Waals surface area contributed by atoms with Gasteiger partial charge in [-0.15, -0.1) is 11.8 Å². The molecule has 2 heterocycles. The number of allylic oxidation sites excluding steroid dienone is 1. The van der Waals surface area contributed by atoms with Crippen LogP contribution in [0, 0.1) is 16.7 Å². The van der Waals surface area contributed by atoms with Crippen molar-refractivity contribution in [2.75, 3.05) is 31.1 Å². The molecule has 254 valence electrons. The number of ether oxygens (including phenoxy) is 1. The summed E-state index contributed by atoms with van der Waals surface area (Å²) in [6.07, 6.45) is 7.17. The van der Waals surface area contributed by atoms with E-state index < -0.39 is 49.1 Å². The lowest BCUT2D eigenvalue weighted by Gasteiger charge is -2.49. The zero-order valence-electron chi connectivity index (χ0n) is 28.4. The van der Waals surface area contributed by atoms with Crippen molar-refractivity contribution in [1.82, 2.24) is 14.5 Å². The highest BCUT2D eigenvalue weighted by Gasteiger charge is 2.72. The molecule has 0 radical (unpaired) electrons. The van der Waals surface area contributed by atoms with Crippen molar-refractivity contribution in [2.45, 2.75) is 108 Å². The number of rotatable bonds is 6. The molecule has 2 saturated carbocycles. The van der Waals surface area contributed by atoms with Gasteiger partial charge in [-0.2, -0.15) is 0 Å². The highest BCUT2D eigenvalue weighted by atomic mass is 32.2. The fourth-order valence-corrected chi connectivity index (χ4v) is 12.9. The Morgan fingerprint density at radius 1 is 1.09 bits per heavy atom. The number of sulfonamides is 1. The van der Waals surface area contributed by atoms with E-state index in [0.29, 0.717) is 31.7 Å². The zero-order valence-corrected chi connectivity index (χ0v) is 30.0. The maximum Gasteiger partial charge on any atom is 0.412 e. The first-order valence-corrected chi connectivity index (χ1v) is 19.3. The minimum atomic E-state index is -3.72. The Morgan fingerprint density at radius 2 is 1.76 bits per heavy atom. The predicted molar refractivity (Wildman–Crippen MR) is 182 cm³/mol. The van der Waals surface area contributed by atoms with Gasteiger partial charge in [-0.3, -0.25) is 9.69 Å². The molecule has 2 saturated heterocycles. The first kappa shape index (κ1) is 33.8. The summed E-state index contributed by atoms with van der Waals surface area (Å²) in [5.41, 5.74) is -1.10. The molecular formula is C35H51N3O6S2. The van der Waals surface area contributed by atoms with Gasteiger partial charge in [0.05, 0.1) is 16.2 Å². The lowest BCUT2D eigenvalue weighted by molar-refractivity contribution is -0.130. The van der Waals surface area contributed by atoms with Crippen LogP contribution < -0.4 is 5.32 Å². The minimum absolute atomic E-state index is 0.0598. The fraction of sp³-hybridized carbons (Fsp3) is 0.714. The number of benzene rings is 1. The zero-order chi connectivity index (χ0) is 33.6. The quantitative estimate of drug-likeness (QED) is 0.430. The molecule has 46 heavy (non-hydrogen) atoms. The molecular weight excluding hydrogens is 623 g/mol. The third-order valence-corrected chi connectivity index (χ3v) is 15.5. The number of amides is 2. The van der Waals surface area contributed by atoms with Crippen LogP contribution in [0.25, 0.3) is 6.08 Å². The van der Waals surface area contributed by atoms with Crippen molar-refractivity contribution in [3.05, 3.63) is 41.5 Å². The van der Waals surface area contributed by atoms with Gasteiger partial charge in [0.15, 0.2) is 0 Å². The number of hydrogen-bond donors (Lipinski definition) is 2. The normalized spacial score (nSPS) is 32.6. The Hall–Kier alpha value is -2.08. The third kappa shape index (κ3) is 5.31. The van der Waals surface area contributed by atoms with Crippen LogP contribution in [-0.2, 0) is 25.0 Å². The Labute approximate surface area is 278 Å². The Balaban J connectivity index is 1.18. The maximum atomic E-state index is 14.2. The number of piperidine rings is 1. The average molecular weight is 674 g/mol. The summed E-state index contributed by atoms with van der Waals surface area (Å²) in [7, 11) is -3.72. The van der Waals surface area contributed by atoms with Crippen LogP contribution in [0.5, 0.6) is 0 Å². The SMILES string of the molecule is CC(C)(C)OC(=O)N1C(C(=O)NCC2(O)CC3CCC2(CS(=O)(=O)N2CCC4(C=Cc5ccccc54)CC2)C3(C)C)CSC1(C)C. The molecule has 2 N–H and O–H groups in total. The van der Waals surface area contributed by atoms with E-state index in [1.165, 1.54) is 27.8 Å². The van der Waals surface area contributed by atoms with Crippen LogP contribution >= 0.6 is 11.8 Å². The molecule has 3 aliphatic carbocycles. The summed E-state index contributed by atoms with van der Waals surface area (Å²) in [5.74, 6) is 0.0436. The number of fused-ring (bicyclic) bond motifs is 4. The monoisotopic (exact) mass is 673 g/mol. The van der Waals surface area contributed by atoms with E-state index >= 15 is 0 Å². The van der Waals surface area contributed by atoms with Crippen LogP contribution in [-0.4, -0.2) is 88.0 Å². The van der Waals surface area contributed by atoms with Gasteiger partial charge in [0.2, 0.25) is 15.9 Å². The highest BCUT2D eigenvalue weighted by molar-refractivity contribution is 8.00. The minimum Gasteiger partial charge on any atom is -0.444 e. The predicted octanol–water partition coefficient (Wildman–Crippen LogP) is 5.14. The number of thioether (sulfide) groups is 1. The summed E-state index contributed by atoms with van der Waals surface area (Å²) < 4.78 is 35.8. The Bertz CT molecular complexity index is 1540. The second kappa shape index (κ2) is 11.0. The lowest BCUT2D eigenvalue weighted by atomic mass is 9.64. The summed E-state index contributed by atoms with van der Waals surface area (Å²) in [4.78, 5) is 27.8. The van der Waals surface area contributed by atoms with E-state index in [1.807, 2.05) is 19.9 Å². The van der Waals surface area contributed by atoms with Crippen molar-refractivity contribution in [1.29, 1.82) is 0 Å². The van der Waals surface area contributed by atoms with Gasteiger partial charge in [-0.1, -0.05) is 50.3 Å². The first-order valence-electron chi connectivity index (χ1n) is 16.7.